The Balaban J connectivity index is 0.000000498. The number of aldehydes is 1. The van der Waals surface area contributed by atoms with E-state index >= 15 is 0 Å². The number of thioether (sulfide) groups is 2. The Kier molecular flexibility index (Phi) is 52.1. The van der Waals surface area contributed by atoms with Gasteiger partial charge < -0.3 is 66.7 Å². The molecular formula is C98H139B3Br2ClFO20S5. The number of carbonyl (C=O) groups excluding carboxylic acids is 3. The van der Waals surface area contributed by atoms with E-state index in [0.29, 0.717) is 31.0 Å². The smallest absolute Gasteiger partial charge is 0.498 e. The second-order valence-corrected chi connectivity index (χ2v) is 44.0. The summed E-state index contributed by atoms with van der Waals surface area (Å²) in [5, 5.41) is 38.1. The molecule has 130 heavy (non-hydrogen) atoms. The van der Waals surface area contributed by atoms with Crippen molar-refractivity contribution in [1.29, 1.82) is 0 Å². The van der Waals surface area contributed by atoms with Crippen molar-refractivity contribution >= 4 is 173 Å². The fourth-order valence-corrected chi connectivity index (χ4v) is 17.1. The summed E-state index contributed by atoms with van der Waals surface area (Å²) in [5.74, 6) is -0.229. The van der Waals surface area contributed by atoms with Crippen molar-refractivity contribution < 1.29 is 98.1 Å². The number of aliphatic hydroxyl groups excluding tert-OH is 3. The summed E-state index contributed by atoms with van der Waals surface area (Å²) in [6.45, 7) is 50.0. The molecule has 5 heterocycles. The van der Waals surface area contributed by atoms with E-state index in [4.69, 9.17) is 56.4 Å². The van der Waals surface area contributed by atoms with E-state index in [1.54, 1.807) is 74.5 Å². The number of phenols is 1. The molecule has 3 aliphatic rings. The molecule has 12 rings (SSSR count). The van der Waals surface area contributed by atoms with Crippen LogP contribution in [0.1, 0.15) is 213 Å². The van der Waals surface area contributed by atoms with Gasteiger partial charge in [-0.05, 0) is 306 Å². The Bertz CT molecular complexity index is 5000. The molecule has 7 aromatic carbocycles. The number of ether oxygens (including phenoxy) is 2. The average Bonchev–Trinajstić information content (AvgIpc) is 1.60. The molecule has 3 saturated heterocycles. The Labute approximate surface area is 813 Å². The van der Waals surface area contributed by atoms with Gasteiger partial charge in [0.2, 0.25) is 0 Å². The van der Waals surface area contributed by atoms with Crippen molar-refractivity contribution in [2.45, 2.75) is 243 Å². The highest BCUT2D eigenvalue weighted by Gasteiger charge is 2.64. The first-order valence-corrected chi connectivity index (χ1v) is 51.3. The van der Waals surface area contributed by atoms with Crippen molar-refractivity contribution in [3.05, 3.63) is 237 Å². The minimum absolute atomic E-state index is 0. The maximum Gasteiger partial charge on any atom is 0.498 e. The monoisotopic (exact) mass is 2040 g/mol. The molecule has 0 spiro atoms. The van der Waals surface area contributed by atoms with E-state index in [1.165, 1.54) is 22.3 Å². The summed E-state index contributed by atoms with van der Waals surface area (Å²) in [7, 11) is -3.96. The van der Waals surface area contributed by atoms with E-state index < -0.39 is 71.4 Å². The van der Waals surface area contributed by atoms with E-state index in [9.17, 15) is 41.6 Å². The summed E-state index contributed by atoms with van der Waals surface area (Å²) in [6, 6.07) is 42.3. The molecule has 718 valence electrons. The third-order valence-corrected chi connectivity index (χ3v) is 29.3. The van der Waals surface area contributed by atoms with E-state index in [2.05, 4.69) is 70.0 Å². The molecule has 2 aromatic heterocycles. The number of halogens is 4. The molecule has 0 aliphatic carbocycles. The second-order valence-electron chi connectivity index (χ2n) is 34.9. The van der Waals surface area contributed by atoms with Gasteiger partial charge in [-0.1, -0.05) is 118 Å². The number of hydrogen-bond donors (Lipinski definition) is 4. The van der Waals surface area contributed by atoms with Crippen LogP contribution in [0.15, 0.2) is 168 Å². The number of aryl methyl sites for hydroxylation is 7. The zero-order chi connectivity index (χ0) is 97.9. The molecule has 3 aliphatic heterocycles. The van der Waals surface area contributed by atoms with Gasteiger partial charge in [0.25, 0.3) is 0 Å². The lowest BCUT2D eigenvalue weighted by Crippen LogP contribution is -2.41. The largest absolute Gasteiger partial charge is 0.508 e. The van der Waals surface area contributed by atoms with Crippen molar-refractivity contribution in [2.24, 2.45) is 0 Å². The van der Waals surface area contributed by atoms with Crippen LogP contribution in [-0.4, -0.2) is 173 Å². The number of carbonyl (C=O) groups is 3. The second kappa shape index (κ2) is 56.5. The molecule has 3 unspecified atom stereocenters. The number of alkyl halides is 1. The van der Waals surface area contributed by atoms with Gasteiger partial charge in [0.15, 0.2) is 0 Å². The fourth-order valence-electron chi connectivity index (χ4n) is 12.1. The molecule has 0 bridgehead atoms. The molecule has 9 aromatic rings. The number of phenolic OH excluding ortho intramolecular Hbond substituents is 1. The topological polar surface area (TPSA) is 283 Å². The first-order valence-electron chi connectivity index (χ1n) is 42.5. The van der Waals surface area contributed by atoms with Gasteiger partial charge in [-0.15, -0.1) is 24.2 Å². The van der Waals surface area contributed by atoms with Gasteiger partial charge in [-0.3, -0.25) is 31.4 Å². The lowest BCUT2D eigenvalue weighted by Gasteiger charge is -2.32. The molecule has 0 amide bonds. The van der Waals surface area contributed by atoms with Crippen LogP contribution in [0.2, 0.25) is 0 Å². The molecule has 0 radical (unpaired) electrons. The number of furan rings is 2. The zero-order valence-electron chi connectivity index (χ0n) is 81.3. The summed E-state index contributed by atoms with van der Waals surface area (Å²) in [6.07, 6.45) is 14.0. The van der Waals surface area contributed by atoms with Gasteiger partial charge in [-0.2, -0.15) is 11.8 Å². The molecular weight excluding hydrogens is 1900 g/mol. The zero-order valence-corrected chi connectivity index (χ0v) is 89.4. The normalized spacial score (nSPS) is 15.9. The SMILES string of the molecule is CC(C)(C)[S@@](=O)CC(CF)c1cccc(Br)c1.CC1(C)OB(B2OC(C)(C)C(C)(C)O2)OC1(C)C.CC1(C)OB(c2cc(CO)cc3ccoc23)OC1(C)C.CCO.CCOC(=O)Cc1ccc(C)cc1C.CCOC(=O)Cc1ccc(C)cc1O.CS/C(=C\c1ccc(C)cc1C)S(C)=O.CSCS(C)=O.Cc1ccc(C=O)c(C)c1.Cl.OCc1cc(Br)c2occc2c1. The molecule has 0 saturated carbocycles. The van der Waals surface area contributed by atoms with Crippen LogP contribution in [0.5, 0.6) is 5.75 Å². The Morgan fingerprint density at radius 1 is 0.554 bits per heavy atom. The summed E-state index contributed by atoms with van der Waals surface area (Å²) in [4.78, 5) is 32.7. The lowest BCUT2D eigenvalue weighted by molar-refractivity contribution is -0.143. The van der Waals surface area contributed by atoms with Crippen LogP contribution in [-0.2, 0) is 105 Å². The maximum absolute atomic E-state index is 13.1. The fraction of sp³-hybridized carbons (Fsp3) is 0.480. The van der Waals surface area contributed by atoms with Gasteiger partial charge >= 0.3 is 33.1 Å². The number of fused-ring (bicyclic) bond motifs is 2. The molecule has 3 fully saturated rings. The van der Waals surface area contributed by atoms with E-state index in [1.807, 2.05) is 261 Å². The molecule has 4 atom stereocenters. The van der Waals surface area contributed by atoms with Crippen molar-refractivity contribution in [1.82, 2.24) is 0 Å². The molecule has 4 N–H and O–H groups in total. The first-order chi connectivity index (χ1) is 60.1. The van der Waals surface area contributed by atoms with Crippen molar-refractivity contribution in [2.75, 3.05) is 62.4 Å². The standard InChI is InChI=1S/C15H19BO4.C13H18BrFOS.C12H24B2O4.C12H16O2.C12H16OS2.C11H14O3.C9H7BrO2.C9H10O.C3H8OS2.C2H6O.ClH/c1-14(2)15(3,4)20-16(19-14)12-8-10(9-17)7-11-5-6-18-13(11)12;1-13(2,3)17(16)9-11(8-15)10-5-4-6-12(14)7-10;1-9(2)10(3,4)16-13(15-9)14-17-11(5,6)12(7,8)18-14;1-4-14-12(13)8-11-6-5-9(2)7-10(11)3;1-9-5-6-11(10(2)7-9)8-12(14-3)15(4)13;1-3-14-11(13)7-9-5-4-8(2)6-10(9)12;10-8-4-6(5-11)3-7-1-2-12-9(7)8;1-7-3-4-9(6-10)8(2)5-7;1-5-3-6(2)4;1-2-3;/h5-8,17H,9H2,1-4H3;4-7,11H,8-9H2,1-3H3;1-8H3;5-7H,4,8H2,1-3H3;5-8H,1-4H3;4-6,12H,3,7H2,1-2H3;1-4,11H,5H2;3-6H,1-2H3;3H2,1-2H3;3H,2H2,1H3;1H/b;;;;12-8+;;;;;;/t;11?,17-;;;;;;;;;/m.0........./s1. The van der Waals surface area contributed by atoms with Gasteiger partial charge in [0.05, 0.1) is 117 Å². The quantitative estimate of drug-likeness (QED) is 0.0313. The van der Waals surface area contributed by atoms with Crippen LogP contribution < -0.4 is 5.46 Å². The Hall–Kier alpha value is -6.07. The van der Waals surface area contributed by atoms with Crippen LogP contribution in [0, 0.1) is 48.5 Å². The number of aromatic hydroxyl groups is 1. The van der Waals surface area contributed by atoms with Gasteiger partial charge in [0, 0.05) is 89.0 Å². The summed E-state index contributed by atoms with van der Waals surface area (Å²) >= 11 is 9.89. The Morgan fingerprint density at radius 3 is 1.35 bits per heavy atom. The van der Waals surface area contributed by atoms with Gasteiger partial charge in [-0.25, -0.2) is 0 Å². The third kappa shape index (κ3) is 39.0. The average molecular weight is 2040 g/mol. The highest BCUT2D eigenvalue weighted by Crippen LogP contribution is 2.44. The van der Waals surface area contributed by atoms with Gasteiger partial charge in [0.1, 0.15) is 23.2 Å². The number of aliphatic hydroxyl groups is 3. The predicted octanol–water partition coefficient (Wildman–Crippen LogP) is 22.0. The van der Waals surface area contributed by atoms with Crippen molar-refractivity contribution in [3.63, 3.8) is 0 Å². The molecule has 32 heteroatoms. The van der Waals surface area contributed by atoms with E-state index in [-0.39, 0.29) is 89.4 Å². The lowest BCUT2D eigenvalue weighted by atomic mass is 9.49. The number of hydrogen-bond acceptors (Lipinski definition) is 22. The Morgan fingerprint density at radius 2 is 0.969 bits per heavy atom. The number of benzene rings is 7. The number of esters is 2. The van der Waals surface area contributed by atoms with Crippen LogP contribution in [0.4, 0.5) is 4.39 Å². The van der Waals surface area contributed by atoms with Crippen molar-refractivity contribution in [3.8, 4) is 5.75 Å². The van der Waals surface area contributed by atoms with Crippen LogP contribution >= 0.6 is 67.8 Å². The van der Waals surface area contributed by atoms with Crippen LogP contribution in [0.25, 0.3) is 28.0 Å². The number of rotatable bonds is 20. The highest BCUT2D eigenvalue weighted by atomic mass is 79.9. The highest BCUT2D eigenvalue weighted by molar-refractivity contribution is 9.11. The van der Waals surface area contributed by atoms with Crippen LogP contribution in [0.3, 0.4) is 0 Å². The predicted molar refractivity (Wildman–Crippen MR) is 550 cm³/mol. The van der Waals surface area contributed by atoms with E-state index in [0.717, 1.165) is 102 Å². The third-order valence-electron chi connectivity index (χ3n) is 21.4. The maximum atomic E-state index is 13.1. The molecule has 20 nitrogen and oxygen atoms in total. The summed E-state index contributed by atoms with van der Waals surface area (Å²) < 4.78 is 105. The first kappa shape index (κ1) is 120. The minimum atomic E-state index is -1.03. The minimum Gasteiger partial charge on any atom is -0.508 e. The summed E-state index contributed by atoms with van der Waals surface area (Å²) in [5.41, 5.74) is 14.4.